The van der Waals surface area contributed by atoms with E-state index < -0.39 is 6.09 Å². The number of amides is 1. The van der Waals surface area contributed by atoms with Crippen molar-refractivity contribution in [3.8, 4) is 0 Å². The molecule has 0 aliphatic heterocycles. The van der Waals surface area contributed by atoms with E-state index in [2.05, 4.69) is 19.9 Å². The van der Waals surface area contributed by atoms with Gasteiger partial charge in [0, 0.05) is 0 Å². The predicted molar refractivity (Wildman–Crippen MR) is 102 cm³/mol. The molecule has 2 aromatic rings. The molecular weight excluding hydrogens is 337 g/mol. The number of hydrogen-bond donors (Lipinski definition) is 1. The summed E-state index contributed by atoms with van der Waals surface area (Å²) in [6.07, 6.45) is 4.65. The Kier molecular flexibility index (Phi) is 7.44. The molecule has 25 heavy (non-hydrogen) atoms. The van der Waals surface area contributed by atoms with Crippen molar-refractivity contribution in [3.05, 3.63) is 52.7 Å². The number of unbranched alkanes of at least 4 members (excludes halogenated alkanes) is 2. The fourth-order valence-corrected chi connectivity index (χ4v) is 4.04. The first-order chi connectivity index (χ1) is 12.1. The summed E-state index contributed by atoms with van der Waals surface area (Å²) in [4.78, 5) is 13.2. The van der Waals surface area contributed by atoms with Gasteiger partial charge >= 0.3 is 6.09 Å². The topological polar surface area (TPSA) is 40.5 Å². The number of hydrogen-bond acceptors (Lipinski definition) is 2. The van der Waals surface area contributed by atoms with Crippen LogP contribution in [0.3, 0.4) is 0 Å². The van der Waals surface area contributed by atoms with Gasteiger partial charge in [-0.1, -0.05) is 45.2 Å². The first-order valence-electron chi connectivity index (χ1n) is 8.89. The lowest BCUT2D eigenvalue weighted by Gasteiger charge is -2.23. The molecule has 0 fully saturated rings. The molecule has 136 valence electrons. The fourth-order valence-electron chi connectivity index (χ4n) is 3.06. The van der Waals surface area contributed by atoms with Crippen LogP contribution in [-0.2, 0) is 6.54 Å². The Labute approximate surface area is 153 Å². The molecule has 1 N–H and O–H groups in total. The highest BCUT2D eigenvalue weighted by Gasteiger charge is 2.23. The quantitative estimate of drug-likeness (QED) is 0.507. The average Bonchev–Trinajstić information content (AvgIpc) is 3.07. The second kappa shape index (κ2) is 9.56. The van der Waals surface area contributed by atoms with Gasteiger partial charge in [-0.15, -0.1) is 11.3 Å². The molecule has 0 spiro atoms. The summed E-state index contributed by atoms with van der Waals surface area (Å²) < 4.78 is 13.1. The summed E-state index contributed by atoms with van der Waals surface area (Å²) in [6.45, 7) is 4.57. The number of carboxylic acid groups (broad SMARTS) is 1. The number of thiophene rings is 1. The lowest BCUT2D eigenvalue weighted by molar-refractivity contribution is 0.201. The Hall–Kier alpha value is -1.88. The largest absolute Gasteiger partial charge is 0.465 e. The first-order valence-corrected chi connectivity index (χ1v) is 9.77. The molecule has 1 atom stereocenters. The third-order valence-corrected chi connectivity index (χ3v) is 5.44. The second-order valence-electron chi connectivity index (χ2n) is 6.28. The maximum absolute atomic E-state index is 13.1. The number of benzene rings is 1. The van der Waals surface area contributed by atoms with E-state index in [4.69, 9.17) is 0 Å². The van der Waals surface area contributed by atoms with Gasteiger partial charge in [-0.05, 0) is 53.5 Å². The van der Waals surface area contributed by atoms with E-state index in [1.807, 2.05) is 5.38 Å². The molecule has 5 heteroatoms. The molecule has 0 aliphatic rings. The van der Waals surface area contributed by atoms with Gasteiger partial charge in [-0.25, -0.2) is 9.18 Å². The third kappa shape index (κ3) is 5.30. The molecule has 1 aromatic heterocycles. The number of halogens is 1. The molecule has 1 amide bonds. The van der Waals surface area contributed by atoms with E-state index in [1.165, 1.54) is 41.2 Å². The van der Waals surface area contributed by atoms with Crippen LogP contribution in [0, 0.1) is 5.82 Å². The molecule has 0 saturated carbocycles. The Morgan fingerprint density at radius 2 is 1.92 bits per heavy atom. The monoisotopic (exact) mass is 363 g/mol. The van der Waals surface area contributed by atoms with Crippen molar-refractivity contribution in [1.29, 1.82) is 0 Å². The Balaban J connectivity index is 2.22. The van der Waals surface area contributed by atoms with Gasteiger partial charge in [-0.2, -0.15) is 0 Å². The maximum Gasteiger partial charge on any atom is 0.412 e. The Bertz CT molecular complexity index is 669. The predicted octanol–water partition coefficient (Wildman–Crippen LogP) is 6.65. The third-order valence-electron chi connectivity index (χ3n) is 4.49. The Morgan fingerprint density at radius 3 is 2.52 bits per heavy atom. The van der Waals surface area contributed by atoms with Crippen LogP contribution in [-0.4, -0.2) is 11.2 Å². The highest BCUT2D eigenvalue weighted by atomic mass is 32.1. The summed E-state index contributed by atoms with van der Waals surface area (Å²) in [7, 11) is 0. The van der Waals surface area contributed by atoms with Crippen molar-refractivity contribution in [3.63, 3.8) is 0 Å². The molecule has 1 aromatic carbocycles. The molecule has 0 aliphatic carbocycles. The van der Waals surface area contributed by atoms with Crippen molar-refractivity contribution >= 4 is 22.4 Å². The molecule has 0 bridgehead atoms. The SMILES string of the molecule is CCCCCC(CC)c1ccsc1N(Cc1ccc(F)cc1)C(=O)O. The summed E-state index contributed by atoms with van der Waals surface area (Å²) in [5, 5.41) is 12.5. The smallest absolute Gasteiger partial charge is 0.412 e. The number of anilines is 1. The van der Waals surface area contributed by atoms with E-state index in [9.17, 15) is 14.3 Å². The van der Waals surface area contributed by atoms with Crippen molar-refractivity contribution < 1.29 is 14.3 Å². The van der Waals surface area contributed by atoms with E-state index in [0.29, 0.717) is 5.92 Å². The van der Waals surface area contributed by atoms with Gasteiger partial charge in [0.05, 0.1) is 6.54 Å². The second-order valence-corrected chi connectivity index (χ2v) is 7.17. The van der Waals surface area contributed by atoms with E-state index >= 15 is 0 Å². The lowest BCUT2D eigenvalue weighted by atomic mass is 9.92. The molecule has 0 saturated heterocycles. The zero-order valence-corrected chi connectivity index (χ0v) is 15.7. The van der Waals surface area contributed by atoms with Crippen molar-refractivity contribution in [2.75, 3.05) is 4.90 Å². The van der Waals surface area contributed by atoms with Crippen LogP contribution in [0.15, 0.2) is 35.7 Å². The number of nitrogens with zero attached hydrogens (tertiary/aromatic N) is 1. The van der Waals surface area contributed by atoms with Gasteiger partial charge in [0.1, 0.15) is 10.8 Å². The minimum Gasteiger partial charge on any atom is -0.465 e. The highest BCUT2D eigenvalue weighted by Crippen LogP contribution is 2.38. The lowest BCUT2D eigenvalue weighted by Crippen LogP contribution is -2.28. The molecule has 0 radical (unpaired) electrons. The van der Waals surface area contributed by atoms with Crippen LogP contribution in [0.4, 0.5) is 14.2 Å². The normalized spacial score (nSPS) is 12.1. The van der Waals surface area contributed by atoms with Crippen LogP contribution in [0.25, 0.3) is 0 Å². The molecule has 1 unspecified atom stereocenters. The van der Waals surface area contributed by atoms with Gasteiger partial charge in [0.25, 0.3) is 0 Å². The summed E-state index contributed by atoms with van der Waals surface area (Å²) in [5.74, 6) is 0.0623. The summed E-state index contributed by atoms with van der Waals surface area (Å²) >= 11 is 1.46. The minimum absolute atomic E-state index is 0.231. The number of rotatable bonds is 9. The summed E-state index contributed by atoms with van der Waals surface area (Å²) in [5.41, 5.74) is 1.90. The van der Waals surface area contributed by atoms with Crippen LogP contribution in [0.2, 0.25) is 0 Å². The van der Waals surface area contributed by atoms with E-state index in [1.54, 1.807) is 12.1 Å². The molecular formula is C20H26FNO2S. The standard InChI is InChI=1S/C20H26FNO2S/c1-3-5-6-7-16(4-2)18-12-13-25-19(18)22(20(23)24)14-15-8-10-17(21)11-9-15/h8-13,16H,3-7,14H2,1-2H3,(H,23,24). The van der Waals surface area contributed by atoms with Gasteiger partial charge in [0.2, 0.25) is 0 Å². The van der Waals surface area contributed by atoms with Gasteiger partial charge < -0.3 is 5.11 Å². The zero-order chi connectivity index (χ0) is 18.2. The van der Waals surface area contributed by atoms with Crippen LogP contribution in [0.1, 0.15) is 63.0 Å². The first kappa shape index (κ1) is 19.4. The minimum atomic E-state index is -0.976. The summed E-state index contributed by atoms with van der Waals surface area (Å²) in [6, 6.07) is 8.06. The van der Waals surface area contributed by atoms with Gasteiger partial charge in [-0.3, -0.25) is 4.90 Å². The Morgan fingerprint density at radius 1 is 1.20 bits per heavy atom. The molecule has 2 rings (SSSR count). The molecule has 1 heterocycles. The highest BCUT2D eigenvalue weighted by molar-refractivity contribution is 7.14. The average molecular weight is 363 g/mol. The number of carbonyl (C=O) groups is 1. The van der Waals surface area contributed by atoms with E-state index in [-0.39, 0.29) is 12.4 Å². The fraction of sp³-hybridized carbons (Fsp3) is 0.450. The van der Waals surface area contributed by atoms with E-state index in [0.717, 1.165) is 35.4 Å². The van der Waals surface area contributed by atoms with Crippen LogP contribution in [0.5, 0.6) is 0 Å². The van der Waals surface area contributed by atoms with Crippen LogP contribution < -0.4 is 4.90 Å². The van der Waals surface area contributed by atoms with Crippen molar-refractivity contribution in [2.45, 2.75) is 58.4 Å². The van der Waals surface area contributed by atoms with Gasteiger partial charge in [0.15, 0.2) is 0 Å². The van der Waals surface area contributed by atoms with Crippen LogP contribution >= 0.6 is 11.3 Å². The molecule has 3 nitrogen and oxygen atoms in total. The maximum atomic E-state index is 13.1. The zero-order valence-electron chi connectivity index (χ0n) is 14.9. The van der Waals surface area contributed by atoms with Crippen molar-refractivity contribution in [2.24, 2.45) is 0 Å². The van der Waals surface area contributed by atoms with Crippen molar-refractivity contribution in [1.82, 2.24) is 0 Å².